The minimum Gasteiger partial charge on any atom is -0.480 e. The predicted molar refractivity (Wildman–Crippen MR) is 74.3 cm³/mol. The summed E-state index contributed by atoms with van der Waals surface area (Å²) in [7, 11) is 1.50. The molecule has 0 bridgehead atoms. The molecule has 6 nitrogen and oxygen atoms in total. The quantitative estimate of drug-likeness (QED) is 0.918. The highest BCUT2D eigenvalue weighted by Gasteiger charge is 2.27. The summed E-state index contributed by atoms with van der Waals surface area (Å²) < 4.78 is 1.75. The number of hydrogen-bond acceptors (Lipinski definition) is 3. The smallest absolute Gasteiger partial charge is 0.326 e. The summed E-state index contributed by atoms with van der Waals surface area (Å²) in [6.45, 7) is 3.22. The Morgan fingerprint density at radius 3 is 2.60 bits per heavy atom. The number of carboxylic acid groups (broad SMARTS) is 1. The van der Waals surface area contributed by atoms with Crippen LogP contribution in [0.3, 0.4) is 0 Å². The van der Waals surface area contributed by atoms with Gasteiger partial charge in [0.2, 0.25) is 5.91 Å². The number of likely N-dealkylation sites (N-methyl/N-ethyl adjacent to an activating group) is 1. The van der Waals surface area contributed by atoms with Gasteiger partial charge in [0.1, 0.15) is 12.1 Å². The molecule has 1 aromatic heterocycles. The minimum atomic E-state index is -1.02. The number of amides is 1. The van der Waals surface area contributed by atoms with E-state index < -0.39 is 18.1 Å². The summed E-state index contributed by atoms with van der Waals surface area (Å²) in [5.74, 6) is -1.29. The lowest BCUT2D eigenvalue weighted by Crippen LogP contribution is -2.43. The van der Waals surface area contributed by atoms with Crippen molar-refractivity contribution < 1.29 is 14.7 Å². The summed E-state index contributed by atoms with van der Waals surface area (Å²) in [4.78, 5) is 28.8. The fraction of sp³-hybridized carbons (Fsp3) is 0.357. The van der Waals surface area contributed by atoms with E-state index in [0.717, 1.165) is 11.0 Å². The lowest BCUT2D eigenvalue weighted by Gasteiger charge is -2.25. The first-order valence-corrected chi connectivity index (χ1v) is 6.34. The van der Waals surface area contributed by atoms with Gasteiger partial charge in [-0.2, -0.15) is 0 Å². The lowest BCUT2D eigenvalue weighted by molar-refractivity contribution is -0.149. The van der Waals surface area contributed by atoms with Gasteiger partial charge >= 0.3 is 5.97 Å². The molecule has 2 aromatic rings. The summed E-state index contributed by atoms with van der Waals surface area (Å²) in [5.41, 5.74) is 1.66. The van der Waals surface area contributed by atoms with Crippen molar-refractivity contribution in [3.05, 3.63) is 30.6 Å². The third-order valence-corrected chi connectivity index (χ3v) is 3.54. The van der Waals surface area contributed by atoms with E-state index in [-0.39, 0.29) is 5.91 Å². The number of carbonyl (C=O) groups excluding carboxylic acids is 1. The molecule has 2 rings (SSSR count). The van der Waals surface area contributed by atoms with Gasteiger partial charge in [0, 0.05) is 7.05 Å². The fourth-order valence-corrected chi connectivity index (χ4v) is 2.06. The number of fused-ring (bicyclic) bond motifs is 1. The molecule has 20 heavy (non-hydrogen) atoms. The summed E-state index contributed by atoms with van der Waals surface area (Å²) >= 11 is 0. The van der Waals surface area contributed by atoms with Crippen molar-refractivity contribution in [1.82, 2.24) is 14.5 Å². The third-order valence-electron chi connectivity index (χ3n) is 3.54. The van der Waals surface area contributed by atoms with Crippen molar-refractivity contribution in [1.29, 1.82) is 0 Å². The number of aromatic nitrogens is 2. The van der Waals surface area contributed by atoms with Crippen molar-refractivity contribution >= 4 is 22.9 Å². The zero-order valence-corrected chi connectivity index (χ0v) is 11.6. The molecule has 0 saturated carbocycles. The normalized spacial score (nSPS) is 13.9. The number of nitrogens with zero attached hydrogens (tertiary/aromatic N) is 3. The third kappa shape index (κ3) is 2.36. The monoisotopic (exact) mass is 275 g/mol. The molecule has 0 spiro atoms. The van der Waals surface area contributed by atoms with Crippen LogP contribution in [0.4, 0.5) is 0 Å². The molecule has 0 aliphatic rings. The van der Waals surface area contributed by atoms with Crippen LogP contribution in [-0.4, -0.2) is 44.5 Å². The van der Waals surface area contributed by atoms with Crippen molar-refractivity contribution in [2.24, 2.45) is 0 Å². The average molecular weight is 275 g/mol. The Morgan fingerprint density at radius 2 is 1.95 bits per heavy atom. The lowest BCUT2D eigenvalue weighted by atomic mass is 10.2. The molecule has 2 unspecified atom stereocenters. The van der Waals surface area contributed by atoms with E-state index >= 15 is 0 Å². The van der Waals surface area contributed by atoms with Gasteiger partial charge in [-0.3, -0.25) is 4.79 Å². The maximum atomic E-state index is 12.3. The van der Waals surface area contributed by atoms with Crippen molar-refractivity contribution in [2.75, 3.05) is 7.05 Å². The molecule has 0 radical (unpaired) electrons. The minimum absolute atomic E-state index is 0.261. The van der Waals surface area contributed by atoms with Crippen LogP contribution < -0.4 is 0 Å². The van der Waals surface area contributed by atoms with Crippen LogP contribution in [0.25, 0.3) is 11.0 Å². The van der Waals surface area contributed by atoms with Gasteiger partial charge in [0.25, 0.3) is 0 Å². The number of para-hydroxylation sites is 2. The van der Waals surface area contributed by atoms with Crippen LogP contribution in [0.1, 0.15) is 19.9 Å². The summed E-state index contributed by atoms with van der Waals surface area (Å²) in [6.07, 6.45) is 1.60. The molecule has 2 atom stereocenters. The van der Waals surface area contributed by atoms with E-state index in [2.05, 4.69) is 4.98 Å². The first kappa shape index (κ1) is 14.0. The number of imidazole rings is 1. The Morgan fingerprint density at radius 1 is 1.30 bits per heavy atom. The number of benzene rings is 1. The number of carbonyl (C=O) groups is 2. The first-order valence-electron chi connectivity index (χ1n) is 6.34. The van der Waals surface area contributed by atoms with Gasteiger partial charge in [-0.05, 0) is 26.0 Å². The Hall–Kier alpha value is -2.37. The molecule has 0 aliphatic heterocycles. The summed E-state index contributed by atoms with van der Waals surface area (Å²) in [6, 6.07) is 6.14. The molecule has 0 saturated heterocycles. The van der Waals surface area contributed by atoms with E-state index in [9.17, 15) is 9.59 Å². The van der Waals surface area contributed by atoms with E-state index in [1.54, 1.807) is 17.8 Å². The number of aliphatic carboxylic acids is 1. The maximum Gasteiger partial charge on any atom is 0.326 e. The van der Waals surface area contributed by atoms with E-state index in [1.165, 1.54) is 18.9 Å². The van der Waals surface area contributed by atoms with Gasteiger partial charge in [-0.25, -0.2) is 9.78 Å². The average Bonchev–Trinajstić information content (AvgIpc) is 2.87. The van der Waals surface area contributed by atoms with Gasteiger partial charge in [-0.1, -0.05) is 12.1 Å². The number of rotatable bonds is 4. The van der Waals surface area contributed by atoms with Crippen LogP contribution in [0.15, 0.2) is 30.6 Å². The zero-order chi connectivity index (χ0) is 14.9. The van der Waals surface area contributed by atoms with Crippen LogP contribution in [0.5, 0.6) is 0 Å². The Bertz CT molecular complexity index is 650. The second-order valence-corrected chi connectivity index (χ2v) is 4.78. The maximum absolute atomic E-state index is 12.3. The van der Waals surface area contributed by atoms with Crippen molar-refractivity contribution in [3.8, 4) is 0 Å². The largest absolute Gasteiger partial charge is 0.480 e. The number of carboxylic acids is 1. The van der Waals surface area contributed by atoms with E-state index in [0.29, 0.717) is 0 Å². The van der Waals surface area contributed by atoms with Crippen molar-refractivity contribution in [2.45, 2.75) is 25.9 Å². The molecule has 1 aromatic carbocycles. The second-order valence-electron chi connectivity index (χ2n) is 4.78. The van der Waals surface area contributed by atoms with Gasteiger partial charge < -0.3 is 14.6 Å². The first-order chi connectivity index (χ1) is 9.43. The van der Waals surface area contributed by atoms with Crippen LogP contribution in [0, 0.1) is 0 Å². The van der Waals surface area contributed by atoms with Crippen molar-refractivity contribution in [3.63, 3.8) is 0 Å². The molecule has 1 N–H and O–H groups in total. The number of hydrogen-bond donors (Lipinski definition) is 1. The van der Waals surface area contributed by atoms with E-state index in [1.807, 2.05) is 24.3 Å². The highest BCUT2D eigenvalue weighted by atomic mass is 16.4. The molecule has 106 valence electrons. The van der Waals surface area contributed by atoms with E-state index in [4.69, 9.17) is 5.11 Å². The predicted octanol–water partition coefficient (Wildman–Crippen LogP) is 1.53. The van der Waals surface area contributed by atoms with Gasteiger partial charge in [-0.15, -0.1) is 0 Å². The molecule has 1 heterocycles. The molecule has 0 fully saturated rings. The highest BCUT2D eigenvalue weighted by molar-refractivity contribution is 5.87. The molecular weight excluding hydrogens is 258 g/mol. The second kappa shape index (κ2) is 5.32. The molecule has 1 amide bonds. The van der Waals surface area contributed by atoms with Crippen LogP contribution in [-0.2, 0) is 9.59 Å². The Labute approximate surface area is 116 Å². The van der Waals surface area contributed by atoms with Gasteiger partial charge in [0.15, 0.2) is 0 Å². The summed E-state index contributed by atoms with van der Waals surface area (Å²) in [5, 5.41) is 8.97. The standard InChI is InChI=1S/C14H17N3O3/c1-9(13(18)16(3)10(2)14(19)20)17-8-15-11-6-4-5-7-12(11)17/h4-10H,1-3H3,(H,19,20). The van der Waals surface area contributed by atoms with Crippen LogP contribution >= 0.6 is 0 Å². The topological polar surface area (TPSA) is 75.4 Å². The fourth-order valence-electron chi connectivity index (χ4n) is 2.06. The molecule has 6 heteroatoms. The molecule has 0 aliphatic carbocycles. The SMILES string of the molecule is CC(C(=O)O)N(C)C(=O)C(C)n1cnc2ccccc21. The molecular formula is C14H17N3O3. The Kier molecular flexibility index (Phi) is 3.74. The van der Waals surface area contributed by atoms with Gasteiger partial charge in [0.05, 0.1) is 17.4 Å². The zero-order valence-electron chi connectivity index (χ0n) is 11.6. The Balaban J connectivity index is 2.29. The highest BCUT2D eigenvalue weighted by Crippen LogP contribution is 2.19. The van der Waals surface area contributed by atoms with Crippen LogP contribution in [0.2, 0.25) is 0 Å².